The van der Waals surface area contributed by atoms with E-state index < -0.39 is 0 Å². The van der Waals surface area contributed by atoms with Crippen LogP contribution in [0, 0.1) is 11.7 Å². The number of likely N-dealkylation sites (tertiary alicyclic amines) is 1. The Kier molecular flexibility index (Phi) is 5.90. The van der Waals surface area contributed by atoms with Gasteiger partial charge in [0.2, 0.25) is 5.91 Å². The zero-order valence-electron chi connectivity index (χ0n) is 11.6. The minimum Gasteiger partial charge on any atom is -0.342 e. The van der Waals surface area contributed by atoms with Crippen LogP contribution in [0.15, 0.2) is 22.7 Å². The van der Waals surface area contributed by atoms with Crippen molar-refractivity contribution >= 4 is 33.6 Å². The van der Waals surface area contributed by atoms with Crippen LogP contribution in [-0.2, 0) is 10.5 Å². The Balaban J connectivity index is 1.76. The molecule has 0 aromatic heterocycles. The number of carbonyl (C=O) groups excluding carboxylic acids is 1. The predicted molar refractivity (Wildman–Crippen MR) is 85.2 cm³/mol. The smallest absolute Gasteiger partial charge is 0.232 e. The number of carbonyl (C=O) groups is 1. The normalized spacial score (nSPS) is 16.4. The largest absolute Gasteiger partial charge is 0.342 e. The number of nitrogens with zero attached hydrogens (tertiary/aromatic N) is 1. The van der Waals surface area contributed by atoms with E-state index in [9.17, 15) is 9.18 Å². The van der Waals surface area contributed by atoms with Crippen molar-refractivity contribution in [2.24, 2.45) is 5.92 Å². The fraction of sp³-hybridized carbons (Fsp3) is 0.533. The van der Waals surface area contributed by atoms with E-state index in [-0.39, 0.29) is 11.7 Å². The fourth-order valence-corrected chi connectivity index (χ4v) is 3.48. The number of hydrogen-bond donors (Lipinski definition) is 0. The highest BCUT2D eigenvalue weighted by atomic mass is 79.9. The molecule has 1 aromatic carbocycles. The van der Waals surface area contributed by atoms with Crippen molar-refractivity contribution in [3.8, 4) is 0 Å². The van der Waals surface area contributed by atoms with Crippen LogP contribution < -0.4 is 0 Å². The SMILES string of the molecule is CC1CCN(C(=O)CSCc2ccc(Br)cc2F)CC1. The Hall–Kier alpha value is -0.550. The molecule has 2 nitrogen and oxygen atoms in total. The summed E-state index contributed by atoms with van der Waals surface area (Å²) in [5.74, 6) is 1.66. The van der Waals surface area contributed by atoms with Gasteiger partial charge < -0.3 is 4.90 Å². The monoisotopic (exact) mass is 359 g/mol. The van der Waals surface area contributed by atoms with Gasteiger partial charge >= 0.3 is 0 Å². The number of rotatable bonds is 4. The zero-order chi connectivity index (χ0) is 14.5. The van der Waals surface area contributed by atoms with Crippen molar-refractivity contribution in [2.45, 2.75) is 25.5 Å². The van der Waals surface area contributed by atoms with E-state index in [0.717, 1.165) is 36.3 Å². The molecule has 20 heavy (non-hydrogen) atoms. The average Bonchev–Trinajstić information content (AvgIpc) is 2.42. The van der Waals surface area contributed by atoms with Gasteiger partial charge in [-0.3, -0.25) is 4.79 Å². The quantitative estimate of drug-likeness (QED) is 0.807. The summed E-state index contributed by atoms with van der Waals surface area (Å²) < 4.78 is 14.4. The van der Waals surface area contributed by atoms with Crippen LogP contribution in [0.5, 0.6) is 0 Å². The molecular formula is C15H19BrFNOS. The molecule has 0 N–H and O–H groups in total. The van der Waals surface area contributed by atoms with Crippen molar-refractivity contribution in [1.82, 2.24) is 4.90 Å². The lowest BCUT2D eigenvalue weighted by Crippen LogP contribution is -2.38. The first-order valence-corrected chi connectivity index (χ1v) is 8.80. The third-order valence-electron chi connectivity index (χ3n) is 3.63. The predicted octanol–water partition coefficient (Wildman–Crippen LogP) is 4.08. The van der Waals surface area contributed by atoms with Gasteiger partial charge in [0.15, 0.2) is 0 Å². The first-order chi connectivity index (χ1) is 9.56. The molecule has 1 heterocycles. The first-order valence-electron chi connectivity index (χ1n) is 6.85. The third kappa shape index (κ3) is 4.48. The maximum atomic E-state index is 13.6. The molecule has 5 heteroatoms. The van der Waals surface area contributed by atoms with Gasteiger partial charge in [0.1, 0.15) is 5.82 Å². The maximum Gasteiger partial charge on any atom is 0.232 e. The molecule has 1 aromatic rings. The Labute approximate surface area is 132 Å². The molecule has 0 bridgehead atoms. The van der Waals surface area contributed by atoms with Crippen molar-refractivity contribution in [2.75, 3.05) is 18.8 Å². The number of halogens is 2. The molecule has 2 rings (SSSR count). The van der Waals surface area contributed by atoms with Gasteiger partial charge in [-0.1, -0.05) is 28.9 Å². The fourth-order valence-electron chi connectivity index (χ4n) is 2.24. The third-order valence-corrected chi connectivity index (χ3v) is 5.09. The molecule has 1 aliphatic heterocycles. The average molecular weight is 360 g/mol. The number of thioether (sulfide) groups is 1. The summed E-state index contributed by atoms with van der Waals surface area (Å²) in [6.07, 6.45) is 2.19. The Bertz CT molecular complexity index is 475. The highest BCUT2D eigenvalue weighted by Crippen LogP contribution is 2.21. The molecule has 1 fully saturated rings. The topological polar surface area (TPSA) is 20.3 Å². The second kappa shape index (κ2) is 7.46. The van der Waals surface area contributed by atoms with Crippen LogP contribution in [0.4, 0.5) is 4.39 Å². The summed E-state index contributed by atoms with van der Waals surface area (Å²) in [7, 11) is 0. The van der Waals surface area contributed by atoms with E-state index in [1.54, 1.807) is 6.07 Å². The van der Waals surface area contributed by atoms with Crippen molar-refractivity contribution in [1.29, 1.82) is 0 Å². The maximum absolute atomic E-state index is 13.6. The van der Waals surface area contributed by atoms with E-state index in [0.29, 0.717) is 17.1 Å². The van der Waals surface area contributed by atoms with Gasteiger partial charge in [-0.05, 0) is 36.5 Å². The second-order valence-electron chi connectivity index (χ2n) is 5.29. The molecule has 1 amide bonds. The molecule has 1 saturated heterocycles. The van der Waals surface area contributed by atoms with E-state index in [4.69, 9.17) is 0 Å². The number of hydrogen-bond acceptors (Lipinski definition) is 2. The highest BCUT2D eigenvalue weighted by Gasteiger charge is 2.19. The highest BCUT2D eigenvalue weighted by molar-refractivity contribution is 9.10. The summed E-state index contributed by atoms with van der Waals surface area (Å²) in [4.78, 5) is 14.0. The molecule has 0 spiro atoms. The molecular weight excluding hydrogens is 341 g/mol. The van der Waals surface area contributed by atoms with Crippen molar-refractivity contribution in [3.05, 3.63) is 34.1 Å². The van der Waals surface area contributed by atoms with Gasteiger partial charge in [-0.15, -0.1) is 11.8 Å². The van der Waals surface area contributed by atoms with Crippen molar-refractivity contribution in [3.63, 3.8) is 0 Å². The lowest BCUT2D eigenvalue weighted by molar-refractivity contribution is -0.129. The van der Waals surface area contributed by atoms with Gasteiger partial charge in [0.25, 0.3) is 0 Å². The molecule has 0 aliphatic carbocycles. The van der Waals surface area contributed by atoms with Crippen LogP contribution >= 0.6 is 27.7 Å². The number of piperidine rings is 1. The zero-order valence-corrected chi connectivity index (χ0v) is 14.0. The molecule has 0 radical (unpaired) electrons. The van der Waals surface area contributed by atoms with E-state index in [1.165, 1.54) is 17.8 Å². The van der Waals surface area contributed by atoms with Crippen LogP contribution in [0.3, 0.4) is 0 Å². The molecule has 110 valence electrons. The second-order valence-corrected chi connectivity index (χ2v) is 7.19. The van der Waals surface area contributed by atoms with Crippen LogP contribution in [0.25, 0.3) is 0 Å². The summed E-state index contributed by atoms with van der Waals surface area (Å²) >= 11 is 4.72. The summed E-state index contributed by atoms with van der Waals surface area (Å²) in [5, 5.41) is 0. The summed E-state index contributed by atoms with van der Waals surface area (Å²) in [6.45, 7) is 3.97. The van der Waals surface area contributed by atoms with Crippen LogP contribution in [0.2, 0.25) is 0 Å². The van der Waals surface area contributed by atoms with E-state index >= 15 is 0 Å². The van der Waals surface area contributed by atoms with Crippen LogP contribution in [-0.4, -0.2) is 29.6 Å². The van der Waals surface area contributed by atoms with Gasteiger partial charge in [-0.2, -0.15) is 0 Å². The lowest BCUT2D eigenvalue weighted by atomic mass is 9.99. The van der Waals surface area contributed by atoms with E-state index in [1.807, 2.05) is 11.0 Å². The van der Waals surface area contributed by atoms with Gasteiger partial charge in [0, 0.05) is 23.3 Å². The Morgan fingerprint density at radius 1 is 1.45 bits per heavy atom. The minimum atomic E-state index is -0.217. The van der Waals surface area contributed by atoms with Gasteiger partial charge in [0.05, 0.1) is 5.75 Å². The standard InChI is InChI=1S/C15H19BrFNOS/c1-11-4-6-18(7-5-11)15(19)10-20-9-12-2-3-13(16)8-14(12)17/h2-3,8,11H,4-7,9-10H2,1H3. The number of amides is 1. The van der Waals surface area contributed by atoms with Gasteiger partial charge in [-0.25, -0.2) is 4.39 Å². The first kappa shape index (κ1) is 15.8. The summed E-state index contributed by atoms with van der Waals surface area (Å²) in [6, 6.07) is 5.05. The summed E-state index contributed by atoms with van der Waals surface area (Å²) in [5.41, 5.74) is 0.651. The Morgan fingerprint density at radius 2 is 2.15 bits per heavy atom. The Morgan fingerprint density at radius 3 is 2.80 bits per heavy atom. The van der Waals surface area contributed by atoms with Crippen molar-refractivity contribution < 1.29 is 9.18 Å². The molecule has 0 unspecified atom stereocenters. The molecule has 0 saturated carbocycles. The minimum absolute atomic E-state index is 0.180. The molecule has 1 aliphatic rings. The number of benzene rings is 1. The van der Waals surface area contributed by atoms with Crippen LogP contribution in [0.1, 0.15) is 25.3 Å². The molecule has 0 atom stereocenters. The lowest BCUT2D eigenvalue weighted by Gasteiger charge is -2.30. The van der Waals surface area contributed by atoms with E-state index in [2.05, 4.69) is 22.9 Å².